The Kier molecular flexibility index (Phi) is 3.39. The van der Waals surface area contributed by atoms with Crippen LogP contribution < -0.4 is 10.2 Å². The maximum Gasteiger partial charge on any atom is 0.573 e. The lowest BCUT2D eigenvalue weighted by Crippen LogP contribution is -2.17. The van der Waals surface area contributed by atoms with Gasteiger partial charge < -0.3 is 9.72 Å². The molecule has 1 aromatic carbocycles. The van der Waals surface area contributed by atoms with Crippen LogP contribution in [0, 0.1) is 0 Å². The number of ether oxygens (including phenoxy) is 1. The molecule has 2 aromatic rings. The first-order valence-corrected chi connectivity index (χ1v) is 6.85. The smallest absolute Gasteiger partial charge is 0.406 e. The molecular formula is C15H14F3NO2. The molecule has 0 spiro atoms. The van der Waals surface area contributed by atoms with E-state index in [0.29, 0.717) is 11.4 Å². The number of rotatable bonds is 2. The summed E-state index contributed by atoms with van der Waals surface area (Å²) in [6.45, 7) is 0. The molecule has 3 rings (SSSR count). The number of H-pyrrole nitrogens is 1. The van der Waals surface area contributed by atoms with Crippen molar-refractivity contribution < 1.29 is 17.9 Å². The van der Waals surface area contributed by atoms with Crippen LogP contribution in [-0.2, 0) is 0 Å². The molecule has 1 saturated carbocycles. The fourth-order valence-corrected chi connectivity index (χ4v) is 2.90. The van der Waals surface area contributed by atoms with E-state index in [1.54, 1.807) is 0 Å². The zero-order chi connectivity index (χ0) is 15.0. The molecule has 1 aliphatic carbocycles. The van der Waals surface area contributed by atoms with Crippen LogP contribution in [-0.4, -0.2) is 11.3 Å². The summed E-state index contributed by atoms with van der Waals surface area (Å²) in [6.07, 6.45) is -0.399. The van der Waals surface area contributed by atoms with Crippen molar-refractivity contribution in [3.8, 4) is 5.75 Å². The van der Waals surface area contributed by atoms with Crippen LogP contribution in [0.1, 0.15) is 37.3 Å². The molecule has 6 heteroatoms. The van der Waals surface area contributed by atoms with Crippen LogP contribution in [0.5, 0.6) is 5.75 Å². The highest BCUT2D eigenvalue weighted by molar-refractivity contribution is 5.80. The van der Waals surface area contributed by atoms with Gasteiger partial charge in [-0.05, 0) is 37.0 Å². The highest BCUT2D eigenvalue weighted by Crippen LogP contribution is 2.33. The average molecular weight is 297 g/mol. The van der Waals surface area contributed by atoms with Gasteiger partial charge >= 0.3 is 6.36 Å². The number of aromatic nitrogens is 1. The summed E-state index contributed by atoms with van der Waals surface area (Å²) < 4.78 is 40.4. The minimum absolute atomic E-state index is 0.207. The van der Waals surface area contributed by atoms with Gasteiger partial charge in [-0.25, -0.2) is 0 Å². The van der Waals surface area contributed by atoms with Gasteiger partial charge in [0, 0.05) is 22.7 Å². The highest BCUT2D eigenvalue weighted by atomic mass is 19.4. The molecule has 1 heterocycles. The van der Waals surface area contributed by atoms with Crippen molar-refractivity contribution in [1.29, 1.82) is 0 Å². The third kappa shape index (κ3) is 3.04. The third-order valence-corrected chi connectivity index (χ3v) is 3.85. The van der Waals surface area contributed by atoms with Crippen LogP contribution in [0.2, 0.25) is 0 Å². The highest BCUT2D eigenvalue weighted by Gasteiger charge is 2.31. The van der Waals surface area contributed by atoms with Gasteiger partial charge in [-0.15, -0.1) is 13.2 Å². The van der Waals surface area contributed by atoms with Gasteiger partial charge in [0.2, 0.25) is 0 Å². The zero-order valence-corrected chi connectivity index (χ0v) is 11.2. The predicted molar refractivity (Wildman–Crippen MR) is 72.5 cm³/mol. The van der Waals surface area contributed by atoms with Crippen LogP contribution in [0.4, 0.5) is 13.2 Å². The largest absolute Gasteiger partial charge is 0.573 e. The first-order chi connectivity index (χ1) is 9.92. The Morgan fingerprint density at radius 1 is 1.14 bits per heavy atom. The van der Waals surface area contributed by atoms with Crippen LogP contribution in [0.25, 0.3) is 10.9 Å². The van der Waals surface area contributed by atoms with Gasteiger partial charge in [0.15, 0.2) is 5.43 Å². The molecule has 0 saturated heterocycles. The Labute approximate surface area is 118 Å². The predicted octanol–water partition coefficient (Wildman–Crippen LogP) is 4.08. The van der Waals surface area contributed by atoms with E-state index in [1.807, 2.05) is 0 Å². The summed E-state index contributed by atoms with van der Waals surface area (Å²) in [7, 11) is 0. The monoisotopic (exact) mass is 297 g/mol. The normalized spacial score (nSPS) is 16.5. The first-order valence-electron chi connectivity index (χ1n) is 6.85. The Hall–Kier alpha value is -1.98. The van der Waals surface area contributed by atoms with Crippen molar-refractivity contribution in [2.45, 2.75) is 38.0 Å². The summed E-state index contributed by atoms with van der Waals surface area (Å²) in [6, 6.07) is 5.29. The molecule has 0 bridgehead atoms. The summed E-state index contributed by atoms with van der Waals surface area (Å²) >= 11 is 0. The van der Waals surface area contributed by atoms with E-state index in [0.717, 1.165) is 37.4 Å². The van der Waals surface area contributed by atoms with E-state index in [1.165, 1.54) is 18.2 Å². The zero-order valence-electron chi connectivity index (χ0n) is 11.2. The molecule has 0 amide bonds. The van der Waals surface area contributed by atoms with Crippen molar-refractivity contribution in [3.63, 3.8) is 0 Å². The molecule has 0 radical (unpaired) electrons. The average Bonchev–Trinajstić information content (AvgIpc) is 2.91. The molecule has 1 fully saturated rings. The molecule has 1 aromatic heterocycles. The molecular weight excluding hydrogens is 283 g/mol. The Balaban J connectivity index is 2.01. The number of pyridine rings is 1. The summed E-state index contributed by atoms with van der Waals surface area (Å²) in [5.41, 5.74) is 1.13. The van der Waals surface area contributed by atoms with E-state index in [9.17, 15) is 18.0 Å². The van der Waals surface area contributed by atoms with Gasteiger partial charge in [0.05, 0.1) is 0 Å². The van der Waals surface area contributed by atoms with Crippen molar-refractivity contribution in [1.82, 2.24) is 4.98 Å². The second kappa shape index (κ2) is 5.09. The summed E-state index contributed by atoms with van der Waals surface area (Å²) in [4.78, 5) is 15.3. The number of hydrogen-bond acceptors (Lipinski definition) is 2. The molecule has 1 N–H and O–H groups in total. The maximum atomic E-state index is 12.2. The van der Waals surface area contributed by atoms with E-state index in [2.05, 4.69) is 9.72 Å². The number of fused-ring (bicyclic) bond motifs is 1. The van der Waals surface area contributed by atoms with Crippen molar-refractivity contribution in [2.75, 3.05) is 0 Å². The van der Waals surface area contributed by atoms with E-state index in [4.69, 9.17) is 0 Å². The van der Waals surface area contributed by atoms with E-state index < -0.39 is 6.36 Å². The number of halogens is 3. The fraction of sp³-hybridized carbons (Fsp3) is 0.400. The minimum Gasteiger partial charge on any atom is -0.406 e. The Bertz CT molecular complexity index is 715. The molecule has 3 nitrogen and oxygen atoms in total. The van der Waals surface area contributed by atoms with Gasteiger partial charge in [0.1, 0.15) is 5.75 Å². The number of nitrogens with one attached hydrogen (secondary N) is 1. The molecule has 21 heavy (non-hydrogen) atoms. The summed E-state index contributed by atoms with van der Waals surface area (Å²) in [5.74, 6) is -0.0395. The van der Waals surface area contributed by atoms with Crippen LogP contribution in [0.15, 0.2) is 29.1 Å². The number of aromatic amines is 1. The second-order valence-electron chi connectivity index (χ2n) is 5.33. The maximum absolute atomic E-state index is 12.2. The minimum atomic E-state index is -4.76. The standard InChI is InChI=1S/C15H14F3NO2/c16-15(17,18)21-10-5-6-12-11(7-10)14(20)8-13(19-12)9-3-1-2-4-9/h5-9H,1-4H2,(H,19,20). The Morgan fingerprint density at radius 3 is 2.52 bits per heavy atom. The van der Waals surface area contributed by atoms with Gasteiger partial charge in [-0.2, -0.15) is 0 Å². The SMILES string of the molecule is O=c1cc(C2CCCC2)[nH]c2ccc(OC(F)(F)F)cc12. The number of hydrogen-bond donors (Lipinski definition) is 1. The van der Waals surface area contributed by atoms with E-state index >= 15 is 0 Å². The third-order valence-electron chi connectivity index (χ3n) is 3.85. The lowest BCUT2D eigenvalue weighted by atomic mass is 10.0. The quantitative estimate of drug-likeness (QED) is 0.907. The molecule has 0 unspecified atom stereocenters. The number of benzene rings is 1. The molecule has 1 aliphatic rings. The molecule has 112 valence electrons. The fourth-order valence-electron chi connectivity index (χ4n) is 2.90. The van der Waals surface area contributed by atoms with Crippen molar-refractivity contribution in [2.24, 2.45) is 0 Å². The van der Waals surface area contributed by atoms with Crippen LogP contribution >= 0.6 is 0 Å². The van der Waals surface area contributed by atoms with Crippen LogP contribution in [0.3, 0.4) is 0 Å². The van der Waals surface area contributed by atoms with Gasteiger partial charge in [0.25, 0.3) is 0 Å². The van der Waals surface area contributed by atoms with Crippen molar-refractivity contribution >= 4 is 10.9 Å². The van der Waals surface area contributed by atoms with Gasteiger partial charge in [-0.3, -0.25) is 4.79 Å². The second-order valence-corrected chi connectivity index (χ2v) is 5.33. The lowest BCUT2D eigenvalue weighted by molar-refractivity contribution is -0.274. The van der Waals surface area contributed by atoms with Gasteiger partial charge in [-0.1, -0.05) is 12.8 Å². The summed E-state index contributed by atoms with van der Waals surface area (Å²) in [5, 5.41) is 0.207. The molecule has 0 atom stereocenters. The first kappa shape index (κ1) is 14.0. The number of alkyl halides is 3. The Morgan fingerprint density at radius 2 is 1.86 bits per heavy atom. The van der Waals surface area contributed by atoms with E-state index in [-0.39, 0.29) is 16.6 Å². The van der Waals surface area contributed by atoms with Crippen molar-refractivity contribution in [3.05, 3.63) is 40.2 Å². The molecule has 0 aliphatic heterocycles. The lowest BCUT2D eigenvalue weighted by Gasteiger charge is -2.12. The topological polar surface area (TPSA) is 42.1 Å².